The highest BCUT2D eigenvalue weighted by molar-refractivity contribution is 4.89. The zero-order chi connectivity index (χ0) is 45.9. The van der Waals surface area contributed by atoms with Crippen LogP contribution < -0.4 is 5.32 Å². The van der Waals surface area contributed by atoms with E-state index in [0.29, 0.717) is 26.4 Å². The molecule has 0 heterocycles. The normalized spacial score (nSPS) is 12.3. The molecule has 0 bridgehead atoms. The average molecular weight is 897 g/mol. The SMILES string of the molecule is CCCCCCCCCCCCOC(CO)(OCCCCCCCCCCCC)C(NCCCCCC)(OCCCCCCCCCCCC)OCCCCCCCCCCCC. The van der Waals surface area contributed by atoms with Gasteiger partial charge in [-0.1, -0.05) is 285 Å². The molecule has 0 amide bonds. The number of aliphatic hydroxyl groups is 1. The molecule has 0 aromatic carbocycles. The van der Waals surface area contributed by atoms with Gasteiger partial charge in [-0.3, -0.25) is 5.32 Å². The summed E-state index contributed by atoms with van der Waals surface area (Å²) in [4.78, 5) is 0. The molecule has 380 valence electrons. The van der Waals surface area contributed by atoms with Gasteiger partial charge in [0, 0.05) is 6.54 Å². The number of unbranched alkanes of at least 4 members (excludes halogenated alkanes) is 39. The summed E-state index contributed by atoms with van der Waals surface area (Å²) < 4.78 is 27.8. The number of aliphatic hydroxyl groups excluding tert-OH is 1. The van der Waals surface area contributed by atoms with Crippen molar-refractivity contribution in [1.29, 1.82) is 0 Å². The molecule has 6 heteroatoms. The molecule has 63 heavy (non-hydrogen) atoms. The predicted molar refractivity (Wildman–Crippen MR) is 276 cm³/mol. The van der Waals surface area contributed by atoms with Crippen molar-refractivity contribution in [2.24, 2.45) is 0 Å². The zero-order valence-corrected chi connectivity index (χ0v) is 43.9. The van der Waals surface area contributed by atoms with E-state index in [4.69, 9.17) is 18.9 Å². The first-order valence-electron chi connectivity index (χ1n) is 29.0. The molecule has 0 aromatic rings. The Morgan fingerprint density at radius 3 is 0.714 bits per heavy atom. The first-order chi connectivity index (χ1) is 31.1. The minimum Gasteiger partial charge on any atom is -0.390 e. The molecule has 0 aliphatic heterocycles. The minimum absolute atomic E-state index is 0.305. The van der Waals surface area contributed by atoms with Crippen LogP contribution in [0.5, 0.6) is 0 Å². The molecule has 0 fully saturated rings. The number of rotatable bonds is 56. The van der Waals surface area contributed by atoms with Gasteiger partial charge in [0.25, 0.3) is 11.7 Å². The van der Waals surface area contributed by atoms with Crippen LogP contribution in [0.1, 0.15) is 317 Å². The van der Waals surface area contributed by atoms with E-state index in [1.54, 1.807) is 0 Å². The highest BCUT2D eigenvalue weighted by Gasteiger charge is 2.57. The van der Waals surface area contributed by atoms with Crippen LogP contribution in [0.25, 0.3) is 0 Å². The third kappa shape index (κ3) is 38.4. The molecule has 0 saturated heterocycles. The predicted octanol–water partition coefficient (Wildman–Crippen LogP) is 18.2. The zero-order valence-electron chi connectivity index (χ0n) is 43.9. The second-order valence-corrected chi connectivity index (χ2v) is 19.6. The molecule has 0 aliphatic carbocycles. The van der Waals surface area contributed by atoms with Gasteiger partial charge < -0.3 is 24.1 Å². The summed E-state index contributed by atoms with van der Waals surface area (Å²) in [6.45, 7) is 14.0. The second kappa shape index (κ2) is 51.2. The molecule has 0 spiro atoms. The lowest BCUT2D eigenvalue weighted by Gasteiger charge is -2.48. The fraction of sp³-hybridized carbons (Fsp3) is 1.00. The van der Waals surface area contributed by atoms with Gasteiger partial charge in [-0.2, -0.15) is 0 Å². The van der Waals surface area contributed by atoms with Crippen LogP contribution in [-0.2, 0) is 18.9 Å². The van der Waals surface area contributed by atoms with Crippen LogP contribution in [0.15, 0.2) is 0 Å². The molecule has 0 atom stereocenters. The molecule has 6 nitrogen and oxygen atoms in total. The molecule has 0 rings (SSSR count). The van der Waals surface area contributed by atoms with E-state index >= 15 is 0 Å². The molecule has 0 aromatic heterocycles. The van der Waals surface area contributed by atoms with Crippen molar-refractivity contribution in [3.05, 3.63) is 0 Å². The smallest absolute Gasteiger partial charge is 0.287 e. The number of ether oxygens (including phenoxy) is 4. The van der Waals surface area contributed by atoms with E-state index in [2.05, 4.69) is 39.9 Å². The summed E-state index contributed by atoms with van der Waals surface area (Å²) in [5.74, 6) is -2.81. The van der Waals surface area contributed by atoms with Crippen LogP contribution in [0.3, 0.4) is 0 Å². The Kier molecular flexibility index (Phi) is 51.0. The first-order valence-corrected chi connectivity index (χ1v) is 29.0. The van der Waals surface area contributed by atoms with Gasteiger partial charge in [0.1, 0.15) is 6.61 Å². The third-order valence-electron chi connectivity index (χ3n) is 13.4. The van der Waals surface area contributed by atoms with Gasteiger partial charge in [0.2, 0.25) is 0 Å². The third-order valence-corrected chi connectivity index (χ3v) is 13.4. The van der Waals surface area contributed by atoms with Crippen molar-refractivity contribution in [2.45, 2.75) is 329 Å². The number of hydrogen-bond acceptors (Lipinski definition) is 6. The van der Waals surface area contributed by atoms with Gasteiger partial charge in [-0.05, 0) is 32.1 Å². The highest BCUT2D eigenvalue weighted by Crippen LogP contribution is 2.33. The van der Waals surface area contributed by atoms with Crippen molar-refractivity contribution < 1.29 is 24.1 Å². The van der Waals surface area contributed by atoms with Crippen molar-refractivity contribution in [3.8, 4) is 0 Å². The Morgan fingerprint density at radius 2 is 0.476 bits per heavy atom. The van der Waals surface area contributed by atoms with Gasteiger partial charge in [0.05, 0.1) is 26.4 Å². The van der Waals surface area contributed by atoms with Crippen LogP contribution in [0.4, 0.5) is 0 Å². The van der Waals surface area contributed by atoms with Crippen molar-refractivity contribution >= 4 is 0 Å². The average Bonchev–Trinajstić information content (AvgIpc) is 3.30. The molecular formula is C57H117NO5. The fourth-order valence-electron chi connectivity index (χ4n) is 8.99. The van der Waals surface area contributed by atoms with E-state index in [-0.39, 0.29) is 6.61 Å². The van der Waals surface area contributed by atoms with Gasteiger partial charge in [0.15, 0.2) is 0 Å². The maximum Gasteiger partial charge on any atom is 0.287 e. The summed E-state index contributed by atoms with van der Waals surface area (Å²) in [7, 11) is 0. The van der Waals surface area contributed by atoms with Gasteiger partial charge >= 0.3 is 0 Å². The Morgan fingerprint density at radius 1 is 0.270 bits per heavy atom. The van der Waals surface area contributed by atoms with Crippen LogP contribution in [0, 0.1) is 0 Å². The maximum atomic E-state index is 11.6. The van der Waals surface area contributed by atoms with Crippen molar-refractivity contribution in [1.82, 2.24) is 5.32 Å². The van der Waals surface area contributed by atoms with Crippen molar-refractivity contribution in [3.63, 3.8) is 0 Å². The molecule has 0 radical (unpaired) electrons. The molecule has 0 aliphatic rings. The van der Waals surface area contributed by atoms with Gasteiger partial charge in [-0.25, -0.2) is 0 Å². The Hall–Kier alpha value is -0.240. The lowest BCUT2D eigenvalue weighted by atomic mass is 10.1. The number of hydrogen-bond donors (Lipinski definition) is 2. The Labute approximate surface area is 396 Å². The summed E-state index contributed by atoms with van der Waals surface area (Å²) >= 11 is 0. The Bertz CT molecular complexity index is 789. The lowest BCUT2D eigenvalue weighted by molar-refractivity contribution is -0.429. The topological polar surface area (TPSA) is 69.2 Å². The molecule has 0 saturated carbocycles. The van der Waals surface area contributed by atoms with E-state index in [1.165, 1.54) is 218 Å². The monoisotopic (exact) mass is 896 g/mol. The summed E-state index contributed by atoms with van der Waals surface area (Å²) in [6, 6.07) is 0. The molecule has 2 N–H and O–H groups in total. The van der Waals surface area contributed by atoms with Crippen LogP contribution >= 0.6 is 0 Å². The van der Waals surface area contributed by atoms with Gasteiger partial charge in [-0.15, -0.1) is 0 Å². The second-order valence-electron chi connectivity index (χ2n) is 19.6. The summed E-state index contributed by atoms with van der Waals surface area (Å²) in [5, 5.41) is 15.4. The van der Waals surface area contributed by atoms with E-state index < -0.39 is 11.7 Å². The minimum atomic E-state index is -1.44. The first kappa shape index (κ1) is 62.8. The van der Waals surface area contributed by atoms with Crippen LogP contribution in [0.2, 0.25) is 0 Å². The Balaban J connectivity index is 5.96. The van der Waals surface area contributed by atoms with E-state index in [9.17, 15) is 5.11 Å². The lowest BCUT2D eigenvalue weighted by Crippen LogP contribution is -2.70. The van der Waals surface area contributed by atoms with Crippen molar-refractivity contribution in [2.75, 3.05) is 39.6 Å². The quantitative estimate of drug-likeness (QED) is 0.0468. The maximum absolute atomic E-state index is 11.6. The highest BCUT2D eigenvalue weighted by atomic mass is 16.8. The van der Waals surface area contributed by atoms with Crippen LogP contribution in [-0.4, -0.2) is 56.4 Å². The molecule has 0 unspecified atom stereocenters. The van der Waals surface area contributed by atoms with E-state index in [1.807, 2.05) is 0 Å². The molecular weight excluding hydrogens is 779 g/mol. The number of nitrogens with one attached hydrogen (secondary N) is 1. The van der Waals surface area contributed by atoms with E-state index in [0.717, 1.165) is 70.8 Å². The standard InChI is InChI=1S/C57H117NO5/c1-6-11-16-21-25-29-33-37-41-46-51-60-56(55-59,61-52-47-42-38-34-30-26-22-17-12-7-2)57(58-50-45-20-15-10-5,62-53-48-43-39-35-31-27-23-18-13-8-3)63-54-49-44-40-36-32-28-24-19-14-9-4/h58-59H,6-55H2,1-5H3. The summed E-state index contributed by atoms with van der Waals surface area (Å²) in [5.41, 5.74) is 0. The fourth-order valence-corrected chi connectivity index (χ4v) is 8.99. The largest absolute Gasteiger partial charge is 0.390 e. The summed E-state index contributed by atoms with van der Waals surface area (Å²) in [6.07, 6.45) is 55.6.